The summed E-state index contributed by atoms with van der Waals surface area (Å²) in [5.41, 5.74) is 5.29. The number of pyridine rings is 1. The van der Waals surface area contributed by atoms with Crippen LogP contribution in [0.3, 0.4) is 0 Å². The van der Waals surface area contributed by atoms with E-state index in [1.54, 1.807) is 50.4 Å². The van der Waals surface area contributed by atoms with Crippen molar-refractivity contribution in [2.75, 3.05) is 13.1 Å². The SMILES string of the molecule is CC(C)(O)c1cnnn1[C@H]1C[C@@H](C(=O)NC(CCCCNC(=O)O)C(=O)C(N)=O)N(C(=O)C(CC2CCCCC2)NC(=O)c2cccc3ncccc23)C1. The number of aliphatic hydroxyl groups is 1. The van der Waals surface area contributed by atoms with Gasteiger partial charge in [0.05, 0.1) is 29.5 Å². The molecule has 54 heavy (non-hydrogen) atoms. The molecule has 1 aliphatic carbocycles. The van der Waals surface area contributed by atoms with Crippen molar-refractivity contribution in [1.82, 2.24) is 40.8 Å². The number of ketones is 1. The summed E-state index contributed by atoms with van der Waals surface area (Å²) >= 11 is 0. The first-order valence-electron chi connectivity index (χ1n) is 18.4. The number of fused-ring (bicyclic) bond motifs is 1. The molecule has 290 valence electrons. The van der Waals surface area contributed by atoms with Crippen LogP contribution in [-0.2, 0) is 24.8 Å². The zero-order chi connectivity index (χ0) is 39.0. The highest BCUT2D eigenvalue weighted by atomic mass is 16.4. The maximum atomic E-state index is 14.8. The summed E-state index contributed by atoms with van der Waals surface area (Å²) in [4.78, 5) is 84.4. The first kappa shape index (κ1) is 39.8. The maximum absolute atomic E-state index is 14.8. The third kappa shape index (κ3) is 9.75. The molecule has 7 N–H and O–H groups in total. The van der Waals surface area contributed by atoms with Crippen molar-refractivity contribution in [1.29, 1.82) is 0 Å². The highest BCUT2D eigenvalue weighted by Gasteiger charge is 2.45. The molecule has 17 heteroatoms. The lowest BCUT2D eigenvalue weighted by atomic mass is 9.84. The number of carbonyl (C=O) groups excluding carboxylic acids is 5. The molecule has 2 aliphatic rings. The zero-order valence-electron chi connectivity index (χ0n) is 30.6. The number of unbranched alkanes of at least 4 members (excludes halogenated alkanes) is 1. The van der Waals surface area contributed by atoms with Gasteiger partial charge in [0.1, 0.15) is 17.7 Å². The summed E-state index contributed by atoms with van der Waals surface area (Å²) in [6, 6.07) is 4.54. The lowest BCUT2D eigenvalue weighted by Gasteiger charge is -2.32. The van der Waals surface area contributed by atoms with E-state index >= 15 is 0 Å². The van der Waals surface area contributed by atoms with Crippen molar-refractivity contribution < 1.29 is 39.0 Å². The van der Waals surface area contributed by atoms with Gasteiger partial charge in [-0.1, -0.05) is 49.5 Å². The van der Waals surface area contributed by atoms with Crippen molar-refractivity contribution >= 4 is 46.4 Å². The minimum Gasteiger partial charge on any atom is -0.465 e. The summed E-state index contributed by atoms with van der Waals surface area (Å²) in [6.45, 7) is 3.19. The number of hydrogen-bond donors (Lipinski definition) is 6. The highest BCUT2D eigenvalue weighted by Crippen LogP contribution is 2.34. The number of likely N-dealkylation sites (tertiary alicyclic amines) is 1. The predicted molar refractivity (Wildman–Crippen MR) is 195 cm³/mol. The number of aromatic nitrogens is 4. The normalized spacial score (nSPS) is 18.8. The van der Waals surface area contributed by atoms with E-state index < -0.39 is 65.3 Å². The third-order valence-corrected chi connectivity index (χ3v) is 10.3. The number of nitrogens with two attached hydrogens (primary N) is 1. The number of Topliss-reactive ketones (excluding diaryl/α,β-unsaturated/α-hetero) is 1. The van der Waals surface area contributed by atoms with Gasteiger partial charge in [0, 0.05) is 36.7 Å². The molecule has 1 aliphatic heterocycles. The Labute approximate surface area is 312 Å². The lowest BCUT2D eigenvalue weighted by Crippen LogP contribution is -2.56. The molecule has 1 saturated carbocycles. The Bertz CT molecular complexity index is 1850. The van der Waals surface area contributed by atoms with Gasteiger partial charge in [-0.2, -0.15) is 0 Å². The molecular formula is C37H49N9O8. The van der Waals surface area contributed by atoms with Crippen molar-refractivity contribution in [2.24, 2.45) is 11.7 Å². The van der Waals surface area contributed by atoms with Crippen LogP contribution in [0.4, 0.5) is 4.79 Å². The number of nitrogens with zero attached hydrogens (tertiary/aromatic N) is 5. The van der Waals surface area contributed by atoms with E-state index in [1.165, 1.54) is 15.8 Å². The van der Waals surface area contributed by atoms with Crippen molar-refractivity contribution in [3.05, 3.63) is 54.0 Å². The van der Waals surface area contributed by atoms with Gasteiger partial charge in [-0.3, -0.25) is 29.0 Å². The molecule has 3 heterocycles. The number of carboxylic acid groups (broad SMARTS) is 1. The Morgan fingerprint density at radius 3 is 2.46 bits per heavy atom. The summed E-state index contributed by atoms with van der Waals surface area (Å²) in [5, 5.41) is 36.4. The van der Waals surface area contributed by atoms with E-state index in [0.717, 1.165) is 32.1 Å². The number of rotatable bonds is 16. The van der Waals surface area contributed by atoms with E-state index in [4.69, 9.17) is 10.8 Å². The van der Waals surface area contributed by atoms with E-state index in [1.807, 2.05) is 0 Å². The number of hydrogen-bond acceptors (Lipinski definition) is 10. The van der Waals surface area contributed by atoms with Crippen LogP contribution in [0.1, 0.15) is 100 Å². The zero-order valence-corrected chi connectivity index (χ0v) is 30.6. The van der Waals surface area contributed by atoms with Gasteiger partial charge in [-0.05, 0) is 63.6 Å². The van der Waals surface area contributed by atoms with Crippen molar-refractivity contribution in [3.8, 4) is 0 Å². The van der Waals surface area contributed by atoms with E-state index in [9.17, 15) is 33.9 Å². The topological polar surface area (TPSA) is 252 Å². The first-order chi connectivity index (χ1) is 25.7. The molecule has 1 aromatic carbocycles. The smallest absolute Gasteiger partial charge is 0.404 e. The van der Waals surface area contributed by atoms with Gasteiger partial charge in [0.25, 0.3) is 11.8 Å². The largest absolute Gasteiger partial charge is 0.465 e. The molecule has 2 unspecified atom stereocenters. The minimum atomic E-state index is -1.36. The van der Waals surface area contributed by atoms with Crippen LogP contribution in [0.2, 0.25) is 0 Å². The lowest BCUT2D eigenvalue weighted by molar-refractivity contribution is -0.142. The van der Waals surface area contributed by atoms with Crippen LogP contribution >= 0.6 is 0 Å². The Morgan fingerprint density at radius 2 is 1.76 bits per heavy atom. The standard InChI is InChI=1S/C37H49N9O8/c1-37(2,54)30-20-41-44-46(30)23-19-29(34(50)42-27(31(47)32(38)48)14-6-7-16-40-36(52)53)45(21-23)35(51)28(18-22-10-4-3-5-11-22)43-33(49)25-12-8-15-26-24(25)13-9-17-39-26/h8-9,12-13,15,17,20,22-23,27-29,40,54H,3-7,10-11,14,16,18-19,21H2,1-2H3,(H2,38,48)(H,42,50)(H,43,49)(H,52,53)/t23-,27?,28?,29-/m0/s1. The van der Waals surface area contributed by atoms with Crippen LogP contribution in [0.5, 0.6) is 0 Å². The second-order valence-corrected chi connectivity index (χ2v) is 14.7. The van der Waals surface area contributed by atoms with E-state index in [0.29, 0.717) is 35.0 Å². The predicted octanol–water partition coefficient (Wildman–Crippen LogP) is 1.94. The number of benzene rings is 1. The molecule has 0 bridgehead atoms. The molecule has 2 aromatic heterocycles. The first-order valence-corrected chi connectivity index (χ1v) is 18.4. The van der Waals surface area contributed by atoms with E-state index in [2.05, 4.69) is 31.2 Å². The number of primary amides is 1. The summed E-state index contributed by atoms with van der Waals surface area (Å²) < 4.78 is 1.48. The fourth-order valence-electron chi connectivity index (χ4n) is 7.53. The van der Waals surface area contributed by atoms with Gasteiger partial charge < -0.3 is 36.8 Å². The van der Waals surface area contributed by atoms with Gasteiger partial charge in [-0.25, -0.2) is 9.48 Å². The van der Waals surface area contributed by atoms with Gasteiger partial charge in [0.2, 0.25) is 17.6 Å². The number of amides is 5. The molecule has 3 aromatic rings. The van der Waals surface area contributed by atoms with E-state index in [-0.39, 0.29) is 38.3 Å². The molecule has 17 nitrogen and oxygen atoms in total. The molecule has 1 saturated heterocycles. The second-order valence-electron chi connectivity index (χ2n) is 14.7. The Morgan fingerprint density at radius 1 is 1.00 bits per heavy atom. The molecule has 2 fully saturated rings. The Kier molecular flexibility index (Phi) is 12.9. The van der Waals surface area contributed by atoms with Crippen LogP contribution < -0.4 is 21.7 Å². The van der Waals surface area contributed by atoms with Crippen LogP contribution in [0.15, 0.2) is 42.7 Å². The quantitative estimate of drug-likeness (QED) is 0.0912. The average Bonchev–Trinajstić information content (AvgIpc) is 3.82. The molecule has 5 rings (SSSR count). The molecule has 0 spiro atoms. The third-order valence-electron chi connectivity index (χ3n) is 10.3. The van der Waals surface area contributed by atoms with Crippen LogP contribution in [-0.4, -0.2) is 102 Å². The van der Waals surface area contributed by atoms with Crippen molar-refractivity contribution in [3.63, 3.8) is 0 Å². The van der Waals surface area contributed by atoms with Crippen LogP contribution in [0, 0.1) is 5.92 Å². The van der Waals surface area contributed by atoms with Gasteiger partial charge in [0.15, 0.2) is 0 Å². The Balaban J connectivity index is 1.45. The highest BCUT2D eigenvalue weighted by molar-refractivity contribution is 6.37. The fourth-order valence-corrected chi connectivity index (χ4v) is 7.53. The molecule has 5 amide bonds. The maximum Gasteiger partial charge on any atom is 0.404 e. The van der Waals surface area contributed by atoms with Crippen molar-refractivity contribution in [2.45, 2.75) is 108 Å². The fraction of sp³-hybridized carbons (Fsp3) is 0.541. The minimum absolute atomic E-state index is 0.00884. The number of carbonyl (C=O) groups is 6. The summed E-state index contributed by atoms with van der Waals surface area (Å²) in [6.07, 6.45) is 7.63. The average molecular weight is 748 g/mol. The van der Waals surface area contributed by atoms with Crippen LogP contribution in [0.25, 0.3) is 10.9 Å². The molecule has 4 atom stereocenters. The van der Waals surface area contributed by atoms with Gasteiger partial charge in [-0.15, -0.1) is 5.10 Å². The second kappa shape index (κ2) is 17.6. The molecular weight excluding hydrogens is 698 g/mol. The molecule has 0 radical (unpaired) electrons. The number of nitrogens with one attached hydrogen (secondary N) is 3. The monoisotopic (exact) mass is 747 g/mol. The summed E-state index contributed by atoms with van der Waals surface area (Å²) in [7, 11) is 0. The van der Waals surface area contributed by atoms with Gasteiger partial charge >= 0.3 is 6.09 Å². The Hall–Kier alpha value is -5.45. The summed E-state index contributed by atoms with van der Waals surface area (Å²) in [5.74, 6) is -3.82.